The second kappa shape index (κ2) is 5.44. The molecule has 1 rings (SSSR count). The Labute approximate surface area is 105 Å². The van der Waals surface area contributed by atoms with Gasteiger partial charge in [0, 0.05) is 5.56 Å². The van der Waals surface area contributed by atoms with Crippen LogP contribution in [0.25, 0.3) is 0 Å². The van der Waals surface area contributed by atoms with Crippen LogP contribution in [0, 0.1) is 11.8 Å². The highest BCUT2D eigenvalue weighted by molar-refractivity contribution is 5.88. The molecule has 0 spiro atoms. The molecular weight excluding hydrogens is 265 g/mol. The lowest BCUT2D eigenvalue weighted by Gasteiger charge is -2.08. The minimum absolute atomic E-state index is 0.200. The normalized spacial score (nSPS) is 10.5. The predicted octanol–water partition coefficient (Wildman–Crippen LogP) is 2.23. The van der Waals surface area contributed by atoms with E-state index in [-0.39, 0.29) is 5.56 Å². The lowest BCUT2D eigenvalue weighted by Crippen LogP contribution is -2.08. The van der Waals surface area contributed by atoms with Crippen molar-refractivity contribution in [2.45, 2.75) is 12.6 Å². The van der Waals surface area contributed by atoms with Crippen LogP contribution in [-0.2, 0) is 11.0 Å². The van der Waals surface area contributed by atoms with Gasteiger partial charge in [-0.05, 0) is 18.2 Å². The first-order chi connectivity index (χ1) is 8.70. The number of carboxylic acid groups (broad SMARTS) is 2. The molecule has 0 aliphatic rings. The number of carboxylic acids is 2. The lowest BCUT2D eigenvalue weighted by molar-refractivity contribution is -0.138. The van der Waals surface area contributed by atoms with Crippen molar-refractivity contribution in [1.29, 1.82) is 0 Å². The molecule has 0 unspecified atom stereocenters. The molecule has 1 aromatic carbocycles. The van der Waals surface area contributed by atoms with E-state index in [1.54, 1.807) is 0 Å². The van der Waals surface area contributed by atoms with Gasteiger partial charge in [0.1, 0.15) is 6.42 Å². The highest BCUT2D eigenvalue weighted by Gasteiger charge is 2.31. The molecule has 0 heterocycles. The molecule has 7 heteroatoms. The van der Waals surface area contributed by atoms with Gasteiger partial charge in [0.25, 0.3) is 0 Å². The lowest BCUT2D eigenvalue weighted by atomic mass is 10.1. The van der Waals surface area contributed by atoms with Gasteiger partial charge >= 0.3 is 18.1 Å². The molecule has 0 aliphatic heterocycles. The molecule has 2 N–H and O–H groups in total. The van der Waals surface area contributed by atoms with Crippen molar-refractivity contribution in [1.82, 2.24) is 0 Å². The summed E-state index contributed by atoms with van der Waals surface area (Å²) in [6.07, 6.45) is -5.24. The number of benzene rings is 1. The number of aromatic carboxylic acids is 1. The number of aliphatic carboxylic acids is 1. The van der Waals surface area contributed by atoms with Gasteiger partial charge in [-0.15, -0.1) is 0 Å². The molecule has 0 saturated heterocycles. The van der Waals surface area contributed by atoms with Gasteiger partial charge in [-0.25, -0.2) is 4.79 Å². The zero-order valence-electron chi connectivity index (χ0n) is 9.28. The van der Waals surface area contributed by atoms with E-state index in [4.69, 9.17) is 10.2 Å². The van der Waals surface area contributed by atoms with E-state index in [2.05, 4.69) is 11.8 Å². The molecule has 4 nitrogen and oxygen atoms in total. The van der Waals surface area contributed by atoms with Gasteiger partial charge in [-0.1, -0.05) is 11.8 Å². The summed E-state index contributed by atoms with van der Waals surface area (Å²) in [5, 5.41) is 17.0. The highest BCUT2D eigenvalue weighted by atomic mass is 19.4. The molecule has 0 radical (unpaired) electrons. The maximum atomic E-state index is 12.5. The van der Waals surface area contributed by atoms with Crippen molar-refractivity contribution >= 4 is 11.9 Å². The average Bonchev–Trinajstić information content (AvgIpc) is 2.26. The molecule has 0 saturated carbocycles. The molecule has 19 heavy (non-hydrogen) atoms. The summed E-state index contributed by atoms with van der Waals surface area (Å²) < 4.78 is 37.6. The number of hydrogen-bond acceptors (Lipinski definition) is 2. The zero-order chi connectivity index (χ0) is 14.6. The Balaban J connectivity index is 3.23. The molecule has 0 aromatic heterocycles. The Bertz CT molecular complexity index is 579. The van der Waals surface area contributed by atoms with Gasteiger partial charge in [0.2, 0.25) is 0 Å². The van der Waals surface area contributed by atoms with Crippen LogP contribution < -0.4 is 0 Å². The van der Waals surface area contributed by atoms with Crippen LogP contribution in [0.2, 0.25) is 0 Å². The molecule has 1 aromatic rings. The standard InChI is InChI=1S/C12H7F3O4/c13-12(14,15)9-5-7(2-1-3-10(16)17)4-8(6-9)11(18)19/h4-6H,3H2,(H,16,17)(H,18,19). The van der Waals surface area contributed by atoms with Crippen LogP contribution in [0.5, 0.6) is 0 Å². The molecule has 100 valence electrons. The van der Waals surface area contributed by atoms with E-state index >= 15 is 0 Å². The molecule has 0 amide bonds. The topological polar surface area (TPSA) is 74.6 Å². The first-order valence-corrected chi connectivity index (χ1v) is 4.86. The second-order valence-corrected chi connectivity index (χ2v) is 3.47. The summed E-state index contributed by atoms with van der Waals surface area (Å²) in [5.74, 6) is 1.58. The third kappa shape index (κ3) is 4.35. The first kappa shape index (κ1) is 14.6. The fourth-order valence-corrected chi connectivity index (χ4v) is 1.21. The smallest absolute Gasteiger partial charge is 0.416 e. The van der Waals surface area contributed by atoms with E-state index in [1.165, 1.54) is 0 Å². The summed E-state index contributed by atoms with van der Waals surface area (Å²) in [5.41, 5.74) is -1.91. The Hall–Kier alpha value is -2.49. The summed E-state index contributed by atoms with van der Waals surface area (Å²) in [4.78, 5) is 20.9. The molecular formula is C12H7F3O4. The maximum Gasteiger partial charge on any atom is 0.416 e. The Morgan fingerprint density at radius 3 is 2.26 bits per heavy atom. The monoisotopic (exact) mass is 272 g/mol. The summed E-state index contributed by atoms with van der Waals surface area (Å²) in [7, 11) is 0. The van der Waals surface area contributed by atoms with Crippen LogP contribution in [0.1, 0.15) is 27.9 Å². The molecule has 0 bridgehead atoms. The number of carbonyl (C=O) groups is 2. The van der Waals surface area contributed by atoms with Gasteiger partial charge in [0.15, 0.2) is 0 Å². The van der Waals surface area contributed by atoms with Crippen molar-refractivity contribution in [2.24, 2.45) is 0 Å². The summed E-state index contributed by atoms with van der Waals surface area (Å²) in [6.45, 7) is 0. The average molecular weight is 272 g/mol. The quantitative estimate of drug-likeness (QED) is 0.809. The van der Waals surface area contributed by atoms with Crippen molar-refractivity contribution in [3.05, 3.63) is 34.9 Å². The minimum Gasteiger partial charge on any atom is -0.481 e. The minimum atomic E-state index is -4.70. The van der Waals surface area contributed by atoms with Crippen molar-refractivity contribution in [3.63, 3.8) is 0 Å². The van der Waals surface area contributed by atoms with Crippen LogP contribution >= 0.6 is 0 Å². The number of halogens is 3. The molecule has 0 fully saturated rings. The maximum absolute atomic E-state index is 12.5. The second-order valence-electron chi connectivity index (χ2n) is 3.47. The van der Waals surface area contributed by atoms with Crippen LogP contribution in [0.3, 0.4) is 0 Å². The highest BCUT2D eigenvalue weighted by Crippen LogP contribution is 2.30. The summed E-state index contributed by atoms with van der Waals surface area (Å²) >= 11 is 0. The first-order valence-electron chi connectivity index (χ1n) is 4.86. The fraction of sp³-hybridized carbons (Fsp3) is 0.167. The molecule has 0 atom stereocenters. The van der Waals surface area contributed by atoms with Crippen molar-refractivity contribution in [2.75, 3.05) is 0 Å². The van der Waals surface area contributed by atoms with Crippen molar-refractivity contribution < 1.29 is 33.0 Å². The number of alkyl halides is 3. The summed E-state index contributed by atoms with van der Waals surface area (Å²) in [6, 6.07) is 2.11. The van der Waals surface area contributed by atoms with E-state index in [1.807, 2.05) is 0 Å². The molecule has 0 aliphatic carbocycles. The van der Waals surface area contributed by atoms with Gasteiger partial charge in [-0.2, -0.15) is 13.2 Å². The zero-order valence-corrected chi connectivity index (χ0v) is 9.28. The third-order valence-corrected chi connectivity index (χ3v) is 1.98. The number of hydrogen-bond donors (Lipinski definition) is 2. The third-order valence-electron chi connectivity index (χ3n) is 1.98. The van der Waals surface area contributed by atoms with E-state index in [0.717, 1.165) is 6.07 Å². The van der Waals surface area contributed by atoms with E-state index in [0.29, 0.717) is 12.1 Å². The SMILES string of the molecule is O=C(O)CC#Cc1cc(C(=O)O)cc(C(F)(F)F)c1. The van der Waals surface area contributed by atoms with Crippen LogP contribution in [0.15, 0.2) is 18.2 Å². The largest absolute Gasteiger partial charge is 0.481 e. The predicted molar refractivity (Wildman–Crippen MR) is 57.5 cm³/mol. The number of rotatable bonds is 2. The Kier molecular flexibility index (Phi) is 4.17. The van der Waals surface area contributed by atoms with Gasteiger partial charge < -0.3 is 10.2 Å². The fourth-order valence-electron chi connectivity index (χ4n) is 1.21. The Morgan fingerprint density at radius 1 is 1.16 bits per heavy atom. The van der Waals surface area contributed by atoms with Crippen LogP contribution in [-0.4, -0.2) is 22.2 Å². The van der Waals surface area contributed by atoms with Gasteiger partial charge in [-0.3, -0.25) is 4.79 Å². The Morgan fingerprint density at radius 2 is 1.79 bits per heavy atom. The van der Waals surface area contributed by atoms with E-state index in [9.17, 15) is 22.8 Å². The van der Waals surface area contributed by atoms with Crippen molar-refractivity contribution in [3.8, 4) is 11.8 Å². The van der Waals surface area contributed by atoms with Crippen LogP contribution in [0.4, 0.5) is 13.2 Å². The van der Waals surface area contributed by atoms with E-state index < -0.39 is 35.7 Å². The van der Waals surface area contributed by atoms with Gasteiger partial charge in [0.05, 0.1) is 11.1 Å².